The van der Waals surface area contributed by atoms with Crippen LogP contribution in [0.25, 0.3) is 0 Å². The number of aromatic nitrogens is 2. The van der Waals surface area contributed by atoms with E-state index in [-0.39, 0.29) is 5.91 Å². The molecule has 0 atom stereocenters. The van der Waals surface area contributed by atoms with E-state index < -0.39 is 0 Å². The van der Waals surface area contributed by atoms with E-state index >= 15 is 0 Å². The van der Waals surface area contributed by atoms with Crippen molar-refractivity contribution >= 4 is 5.91 Å². The molecule has 0 spiro atoms. The molecule has 0 aliphatic rings. The van der Waals surface area contributed by atoms with E-state index in [4.69, 9.17) is 0 Å². The zero-order valence-corrected chi connectivity index (χ0v) is 8.09. The Kier molecular flexibility index (Phi) is 2.95. The minimum atomic E-state index is -0.0130. The van der Waals surface area contributed by atoms with E-state index in [1.54, 1.807) is 7.05 Å². The van der Waals surface area contributed by atoms with Crippen LogP contribution in [0.2, 0.25) is 0 Å². The predicted molar refractivity (Wildman–Crippen MR) is 49.3 cm³/mol. The maximum absolute atomic E-state index is 11.1. The van der Waals surface area contributed by atoms with Gasteiger partial charge in [-0.1, -0.05) is 0 Å². The van der Waals surface area contributed by atoms with Crippen LogP contribution in [0.15, 0.2) is 6.33 Å². The number of hydrogen-bond donors (Lipinski definition) is 1. The van der Waals surface area contributed by atoms with Crippen molar-refractivity contribution in [2.75, 3.05) is 7.05 Å². The van der Waals surface area contributed by atoms with Crippen LogP contribution in [0, 0.1) is 13.8 Å². The highest BCUT2D eigenvalue weighted by atomic mass is 16.1. The van der Waals surface area contributed by atoms with E-state index in [9.17, 15) is 4.79 Å². The summed E-state index contributed by atoms with van der Waals surface area (Å²) in [6.45, 7) is 3.76. The standard InChI is InChI=1S/C9H13N3O/c1-6-8(4-9(13)10-3)7(2)12-5-11-6/h5H,4H2,1-3H3,(H,10,13). The van der Waals surface area contributed by atoms with E-state index in [0.717, 1.165) is 17.0 Å². The minimum absolute atomic E-state index is 0.0130. The number of aryl methyl sites for hydroxylation is 2. The third-order valence-corrected chi connectivity index (χ3v) is 1.99. The molecule has 4 heteroatoms. The summed E-state index contributed by atoms with van der Waals surface area (Å²) in [6, 6.07) is 0. The van der Waals surface area contributed by atoms with Gasteiger partial charge in [-0.05, 0) is 13.8 Å². The molecule has 70 valence electrons. The summed E-state index contributed by atoms with van der Waals surface area (Å²) in [5.74, 6) is -0.0130. The van der Waals surface area contributed by atoms with Gasteiger partial charge in [-0.25, -0.2) is 9.97 Å². The summed E-state index contributed by atoms with van der Waals surface area (Å²) in [4.78, 5) is 19.2. The molecule has 0 aliphatic carbocycles. The minimum Gasteiger partial charge on any atom is -0.359 e. The molecule has 0 saturated carbocycles. The van der Waals surface area contributed by atoms with Gasteiger partial charge in [-0.15, -0.1) is 0 Å². The van der Waals surface area contributed by atoms with Crippen LogP contribution in [-0.4, -0.2) is 22.9 Å². The zero-order chi connectivity index (χ0) is 9.84. The van der Waals surface area contributed by atoms with Gasteiger partial charge in [-0.2, -0.15) is 0 Å². The first kappa shape index (κ1) is 9.64. The normalized spacial score (nSPS) is 9.77. The van der Waals surface area contributed by atoms with Crippen LogP contribution < -0.4 is 5.32 Å². The van der Waals surface area contributed by atoms with Crippen molar-refractivity contribution in [3.8, 4) is 0 Å². The first-order valence-corrected chi connectivity index (χ1v) is 4.12. The molecule has 0 aromatic carbocycles. The molecule has 1 amide bonds. The molecule has 1 aromatic heterocycles. The van der Waals surface area contributed by atoms with Gasteiger partial charge in [0.15, 0.2) is 0 Å². The van der Waals surface area contributed by atoms with E-state index in [0.29, 0.717) is 6.42 Å². The fourth-order valence-corrected chi connectivity index (χ4v) is 1.12. The van der Waals surface area contributed by atoms with E-state index in [1.165, 1.54) is 6.33 Å². The molecule has 0 radical (unpaired) electrons. The van der Waals surface area contributed by atoms with Crippen LogP contribution in [0.5, 0.6) is 0 Å². The molecule has 1 N–H and O–H groups in total. The maximum Gasteiger partial charge on any atom is 0.224 e. The number of hydrogen-bond acceptors (Lipinski definition) is 3. The second-order valence-electron chi connectivity index (χ2n) is 2.87. The van der Waals surface area contributed by atoms with Gasteiger partial charge in [0.2, 0.25) is 5.91 Å². The van der Waals surface area contributed by atoms with Crippen molar-refractivity contribution in [3.63, 3.8) is 0 Å². The van der Waals surface area contributed by atoms with Gasteiger partial charge in [0.1, 0.15) is 6.33 Å². The Morgan fingerprint density at radius 2 is 1.92 bits per heavy atom. The van der Waals surface area contributed by atoms with Crippen molar-refractivity contribution < 1.29 is 4.79 Å². The van der Waals surface area contributed by atoms with Gasteiger partial charge >= 0.3 is 0 Å². The van der Waals surface area contributed by atoms with Crippen LogP contribution in [0.1, 0.15) is 17.0 Å². The maximum atomic E-state index is 11.1. The number of amides is 1. The average molecular weight is 179 g/mol. The zero-order valence-electron chi connectivity index (χ0n) is 8.09. The van der Waals surface area contributed by atoms with Crippen molar-refractivity contribution in [3.05, 3.63) is 23.3 Å². The Balaban J connectivity index is 2.93. The lowest BCUT2D eigenvalue weighted by atomic mass is 10.1. The molecule has 0 saturated heterocycles. The topological polar surface area (TPSA) is 54.9 Å². The second-order valence-corrected chi connectivity index (χ2v) is 2.87. The van der Waals surface area contributed by atoms with Gasteiger partial charge < -0.3 is 5.32 Å². The molecule has 0 aliphatic heterocycles. The van der Waals surface area contributed by atoms with Gasteiger partial charge in [0, 0.05) is 24.0 Å². The van der Waals surface area contributed by atoms with Crippen LogP contribution >= 0.6 is 0 Å². The van der Waals surface area contributed by atoms with Crippen molar-refractivity contribution in [1.82, 2.24) is 15.3 Å². The lowest BCUT2D eigenvalue weighted by Gasteiger charge is -2.05. The Bertz CT molecular complexity index is 302. The van der Waals surface area contributed by atoms with Gasteiger partial charge in [0.25, 0.3) is 0 Å². The lowest BCUT2D eigenvalue weighted by molar-refractivity contribution is -0.119. The SMILES string of the molecule is CNC(=O)Cc1c(C)ncnc1C. The summed E-state index contributed by atoms with van der Waals surface area (Å²) in [7, 11) is 1.62. The molecule has 0 fully saturated rings. The average Bonchev–Trinajstić information content (AvgIpc) is 2.11. The highest BCUT2D eigenvalue weighted by Crippen LogP contribution is 2.08. The third-order valence-electron chi connectivity index (χ3n) is 1.99. The molecule has 1 rings (SSSR count). The Morgan fingerprint density at radius 1 is 1.38 bits per heavy atom. The first-order chi connectivity index (χ1) is 6.15. The monoisotopic (exact) mass is 179 g/mol. The van der Waals surface area contributed by atoms with Crippen LogP contribution in [0.4, 0.5) is 0 Å². The smallest absolute Gasteiger partial charge is 0.224 e. The Labute approximate surface area is 77.4 Å². The van der Waals surface area contributed by atoms with Crippen molar-refractivity contribution in [1.29, 1.82) is 0 Å². The molecular formula is C9H13N3O. The number of rotatable bonds is 2. The van der Waals surface area contributed by atoms with Crippen molar-refractivity contribution in [2.45, 2.75) is 20.3 Å². The third kappa shape index (κ3) is 2.24. The molecule has 0 unspecified atom stereocenters. The molecule has 4 nitrogen and oxygen atoms in total. The van der Waals surface area contributed by atoms with Crippen LogP contribution in [0.3, 0.4) is 0 Å². The summed E-state index contributed by atoms with van der Waals surface area (Å²) < 4.78 is 0. The quantitative estimate of drug-likeness (QED) is 0.714. The second kappa shape index (κ2) is 3.98. The Morgan fingerprint density at radius 3 is 2.38 bits per heavy atom. The van der Waals surface area contributed by atoms with Gasteiger partial charge in [-0.3, -0.25) is 4.79 Å². The predicted octanol–water partition coefficient (Wildman–Crippen LogP) is 0.382. The number of nitrogens with zero attached hydrogens (tertiary/aromatic N) is 2. The fourth-order valence-electron chi connectivity index (χ4n) is 1.12. The summed E-state index contributed by atoms with van der Waals surface area (Å²) in [5.41, 5.74) is 2.66. The number of carbonyl (C=O) groups excluding carboxylic acids is 1. The fraction of sp³-hybridized carbons (Fsp3) is 0.444. The lowest BCUT2D eigenvalue weighted by Crippen LogP contribution is -2.21. The largest absolute Gasteiger partial charge is 0.359 e. The summed E-state index contributed by atoms with van der Waals surface area (Å²) in [6.07, 6.45) is 1.87. The van der Waals surface area contributed by atoms with E-state index in [1.807, 2.05) is 13.8 Å². The van der Waals surface area contributed by atoms with Crippen molar-refractivity contribution in [2.24, 2.45) is 0 Å². The van der Waals surface area contributed by atoms with Gasteiger partial charge in [0.05, 0.1) is 6.42 Å². The van der Waals surface area contributed by atoms with Crippen LogP contribution in [-0.2, 0) is 11.2 Å². The molecule has 1 aromatic rings. The molecular weight excluding hydrogens is 166 g/mol. The highest BCUT2D eigenvalue weighted by molar-refractivity contribution is 5.78. The number of nitrogens with one attached hydrogen (secondary N) is 1. The summed E-state index contributed by atoms with van der Waals surface area (Å²) in [5, 5.41) is 2.57. The first-order valence-electron chi connectivity index (χ1n) is 4.12. The number of likely N-dealkylation sites (N-methyl/N-ethyl adjacent to an activating group) is 1. The Hall–Kier alpha value is -1.45. The summed E-state index contributed by atoms with van der Waals surface area (Å²) >= 11 is 0. The molecule has 1 heterocycles. The molecule has 0 bridgehead atoms. The number of carbonyl (C=O) groups is 1. The van der Waals surface area contributed by atoms with E-state index in [2.05, 4.69) is 15.3 Å². The molecule has 13 heavy (non-hydrogen) atoms. The highest BCUT2D eigenvalue weighted by Gasteiger charge is 2.08.